The van der Waals surface area contributed by atoms with Gasteiger partial charge in [0.1, 0.15) is 5.82 Å². The fourth-order valence-electron chi connectivity index (χ4n) is 3.84. The summed E-state index contributed by atoms with van der Waals surface area (Å²) < 4.78 is 13.2. The van der Waals surface area contributed by atoms with Crippen LogP contribution in [0.3, 0.4) is 0 Å². The SMILES string of the molecule is O[C@@H]1CN(Cc2ccc(F)cc2Cl)C2(CCCC2)C[C@@H]1O. The second kappa shape index (κ2) is 5.84. The normalized spacial score (nSPS) is 29.1. The lowest BCUT2D eigenvalue weighted by Crippen LogP contribution is -2.58. The third-order valence-electron chi connectivity index (χ3n) is 5.02. The molecule has 1 saturated heterocycles. The molecule has 0 aromatic heterocycles. The second-order valence-corrected chi connectivity index (χ2v) is 6.79. The Bertz CT molecular complexity index is 519. The van der Waals surface area contributed by atoms with E-state index in [2.05, 4.69) is 4.90 Å². The molecule has 1 spiro atoms. The smallest absolute Gasteiger partial charge is 0.124 e. The zero-order valence-electron chi connectivity index (χ0n) is 11.9. The molecule has 3 rings (SSSR count). The van der Waals surface area contributed by atoms with E-state index in [1.807, 2.05) is 0 Å². The molecule has 1 aliphatic heterocycles. The molecular weight excluding hydrogens is 293 g/mol. The first kappa shape index (κ1) is 15.2. The number of aliphatic hydroxyl groups excluding tert-OH is 2. The molecule has 1 heterocycles. The lowest BCUT2D eigenvalue weighted by molar-refractivity contribution is -0.0998. The van der Waals surface area contributed by atoms with Crippen LogP contribution in [0.5, 0.6) is 0 Å². The Balaban J connectivity index is 1.84. The molecule has 1 aromatic carbocycles. The van der Waals surface area contributed by atoms with Gasteiger partial charge in [-0.1, -0.05) is 30.5 Å². The van der Waals surface area contributed by atoms with E-state index in [1.165, 1.54) is 12.1 Å². The fraction of sp³-hybridized carbons (Fsp3) is 0.625. The highest BCUT2D eigenvalue weighted by Gasteiger charge is 2.46. The van der Waals surface area contributed by atoms with Crippen molar-refractivity contribution in [2.24, 2.45) is 0 Å². The van der Waals surface area contributed by atoms with Crippen LogP contribution in [0.25, 0.3) is 0 Å². The van der Waals surface area contributed by atoms with Gasteiger partial charge < -0.3 is 10.2 Å². The van der Waals surface area contributed by atoms with Crippen LogP contribution in [-0.4, -0.2) is 39.4 Å². The average molecular weight is 314 g/mol. The minimum Gasteiger partial charge on any atom is -0.390 e. The van der Waals surface area contributed by atoms with E-state index in [0.29, 0.717) is 24.5 Å². The summed E-state index contributed by atoms with van der Waals surface area (Å²) in [5, 5.41) is 20.4. The first-order valence-corrected chi connectivity index (χ1v) is 7.93. The molecule has 3 nitrogen and oxygen atoms in total. The molecule has 1 aliphatic carbocycles. The third kappa shape index (κ3) is 2.95. The minimum absolute atomic E-state index is 0.0453. The number of aliphatic hydroxyl groups is 2. The van der Waals surface area contributed by atoms with E-state index in [9.17, 15) is 14.6 Å². The molecule has 1 saturated carbocycles. The van der Waals surface area contributed by atoms with Crippen molar-refractivity contribution in [2.45, 2.75) is 56.4 Å². The first-order valence-electron chi connectivity index (χ1n) is 7.55. The van der Waals surface area contributed by atoms with Gasteiger partial charge in [0.15, 0.2) is 0 Å². The minimum atomic E-state index is -0.726. The zero-order chi connectivity index (χ0) is 15.0. The summed E-state index contributed by atoms with van der Waals surface area (Å²) in [6.07, 6.45) is 3.60. The first-order chi connectivity index (χ1) is 10.00. The average Bonchev–Trinajstić information content (AvgIpc) is 2.88. The lowest BCUT2D eigenvalue weighted by Gasteiger charge is -2.48. The van der Waals surface area contributed by atoms with Gasteiger partial charge in [0, 0.05) is 23.7 Å². The molecule has 0 bridgehead atoms. The topological polar surface area (TPSA) is 43.7 Å². The molecule has 2 aliphatic rings. The molecule has 21 heavy (non-hydrogen) atoms. The van der Waals surface area contributed by atoms with Gasteiger partial charge in [-0.3, -0.25) is 4.90 Å². The summed E-state index contributed by atoms with van der Waals surface area (Å²) in [7, 11) is 0. The summed E-state index contributed by atoms with van der Waals surface area (Å²) in [4.78, 5) is 2.23. The maximum Gasteiger partial charge on any atom is 0.124 e. The molecular formula is C16H21ClFNO2. The van der Waals surface area contributed by atoms with Crippen LogP contribution in [0.1, 0.15) is 37.7 Å². The summed E-state index contributed by atoms with van der Waals surface area (Å²) in [6, 6.07) is 4.45. The monoisotopic (exact) mass is 313 g/mol. The number of likely N-dealkylation sites (tertiary alicyclic amines) is 1. The molecule has 0 unspecified atom stereocenters. The largest absolute Gasteiger partial charge is 0.390 e. The molecule has 0 radical (unpaired) electrons. The maximum absolute atomic E-state index is 13.2. The van der Waals surface area contributed by atoms with Gasteiger partial charge in [0.25, 0.3) is 0 Å². The Morgan fingerprint density at radius 1 is 1.24 bits per heavy atom. The van der Waals surface area contributed by atoms with Crippen LogP contribution in [-0.2, 0) is 6.54 Å². The van der Waals surface area contributed by atoms with E-state index < -0.39 is 12.2 Å². The third-order valence-corrected chi connectivity index (χ3v) is 5.37. The van der Waals surface area contributed by atoms with E-state index in [1.54, 1.807) is 6.07 Å². The Morgan fingerprint density at radius 3 is 2.62 bits per heavy atom. The Morgan fingerprint density at radius 2 is 1.95 bits per heavy atom. The van der Waals surface area contributed by atoms with Gasteiger partial charge in [0.05, 0.1) is 12.2 Å². The molecule has 116 valence electrons. The molecule has 2 fully saturated rings. The molecule has 0 amide bonds. The van der Waals surface area contributed by atoms with Gasteiger partial charge in [0.2, 0.25) is 0 Å². The number of rotatable bonds is 2. The highest BCUT2D eigenvalue weighted by molar-refractivity contribution is 6.31. The predicted octanol–water partition coefficient (Wildman–Crippen LogP) is 2.72. The molecule has 5 heteroatoms. The summed E-state index contributed by atoms with van der Waals surface area (Å²) in [5.74, 6) is -0.339. The molecule has 1 aromatic rings. The van der Waals surface area contributed by atoms with Crippen molar-refractivity contribution in [3.8, 4) is 0 Å². The van der Waals surface area contributed by atoms with Crippen molar-refractivity contribution < 1.29 is 14.6 Å². The van der Waals surface area contributed by atoms with Crippen molar-refractivity contribution in [1.29, 1.82) is 0 Å². The van der Waals surface area contributed by atoms with Gasteiger partial charge in [-0.2, -0.15) is 0 Å². The number of nitrogens with zero attached hydrogens (tertiary/aromatic N) is 1. The number of piperidine rings is 1. The van der Waals surface area contributed by atoms with Gasteiger partial charge in [-0.05, 0) is 37.0 Å². The number of hydrogen-bond acceptors (Lipinski definition) is 3. The van der Waals surface area contributed by atoms with Crippen LogP contribution >= 0.6 is 11.6 Å². The lowest BCUT2D eigenvalue weighted by atomic mass is 9.82. The zero-order valence-corrected chi connectivity index (χ0v) is 12.7. The van der Waals surface area contributed by atoms with Crippen LogP contribution < -0.4 is 0 Å². The quantitative estimate of drug-likeness (QED) is 0.882. The number of β-amino-alcohol motifs (C(OH)–C–C–N with tert-alkyl or cyclic N) is 1. The Kier molecular flexibility index (Phi) is 4.23. The summed E-state index contributed by atoms with van der Waals surface area (Å²) in [6.45, 7) is 1.03. The number of halogens is 2. The van der Waals surface area contributed by atoms with Crippen molar-refractivity contribution in [3.63, 3.8) is 0 Å². The summed E-state index contributed by atoms with van der Waals surface area (Å²) in [5.41, 5.74) is 0.823. The van der Waals surface area contributed by atoms with Crippen molar-refractivity contribution in [2.75, 3.05) is 6.54 Å². The van der Waals surface area contributed by atoms with Crippen LogP contribution in [0.2, 0.25) is 5.02 Å². The van der Waals surface area contributed by atoms with E-state index in [0.717, 1.165) is 31.2 Å². The van der Waals surface area contributed by atoms with Gasteiger partial charge >= 0.3 is 0 Å². The van der Waals surface area contributed by atoms with Crippen LogP contribution in [0.4, 0.5) is 4.39 Å². The predicted molar refractivity (Wildman–Crippen MR) is 79.6 cm³/mol. The number of hydrogen-bond donors (Lipinski definition) is 2. The number of benzene rings is 1. The molecule has 2 N–H and O–H groups in total. The van der Waals surface area contributed by atoms with Gasteiger partial charge in [-0.15, -0.1) is 0 Å². The van der Waals surface area contributed by atoms with E-state index in [4.69, 9.17) is 11.6 Å². The van der Waals surface area contributed by atoms with Crippen LogP contribution in [0.15, 0.2) is 18.2 Å². The van der Waals surface area contributed by atoms with Gasteiger partial charge in [-0.25, -0.2) is 4.39 Å². The second-order valence-electron chi connectivity index (χ2n) is 6.39. The highest BCUT2D eigenvalue weighted by atomic mass is 35.5. The standard InChI is InChI=1S/C16H21ClFNO2/c17-13-7-12(18)4-3-11(13)9-19-10-15(21)14(20)8-16(19)5-1-2-6-16/h3-4,7,14-15,20-21H,1-2,5-6,8-10H2/t14-,15+/m0/s1. The van der Waals surface area contributed by atoms with Crippen LogP contribution in [0, 0.1) is 5.82 Å². The van der Waals surface area contributed by atoms with E-state index in [-0.39, 0.29) is 11.4 Å². The fourth-order valence-corrected chi connectivity index (χ4v) is 4.06. The van der Waals surface area contributed by atoms with Crippen molar-refractivity contribution in [1.82, 2.24) is 4.90 Å². The Hall–Kier alpha value is -0.680. The Labute approximate surface area is 129 Å². The maximum atomic E-state index is 13.2. The molecule has 2 atom stereocenters. The van der Waals surface area contributed by atoms with Crippen molar-refractivity contribution >= 4 is 11.6 Å². The summed E-state index contributed by atoms with van der Waals surface area (Å²) >= 11 is 6.13. The highest BCUT2D eigenvalue weighted by Crippen LogP contribution is 2.43. The van der Waals surface area contributed by atoms with E-state index >= 15 is 0 Å². The van der Waals surface area contributed by atoms with Crippen molar-refractivity contribution in [3.05, 3.63) is 34.6 Å².